The van der Waals surface area contributed by atoms with Crippen molar-refractivity contribution in [3.8, 4) is 0 Å². The van der Waals surface area contributed by atoms with Crippen molar-refractivity contribution in [2.24, 2.45) is 0 Å². The van der Waals surface area contributed by atoms with Gasteiger partial charge in [-0.25, -0.2) is 8.42 Å². The molecule has 0 spiro atoms. The number of amides is 1. The normalized spacial score (nSPS) is 12.5. The first-order chi connectivity index (χ1) is 15.7. The first-order valence-electron chi connectivity index (χ1n) is 10.9. The zero-order valence-corrected chi connectivity index (χ0v) is 20.4. The summed E-state index contributed by atoms with van der Waals surface area (Å²) in [6, 6.07) is 23.5. The Bertz CT molecular complexity index is 1150. The summed E-state index contributed by atoms with van der Waals surface area (Å²) in [5.74, 6) is -0.333. The van der Waals surface area contributed by atoms with E-state index < -0.39 is 10.0 Å². The van der Waals surface area contributed by atoms with Crippen LogP contribution in [0.2, 0.25) is 5.02 Å². The fraction of sp³-hybridized carbons (Fsp3) is 0.269. The Hall–Kier alpha value is -2.67. The summed E-state index contributed by atoms with van der Waals surface area (Å²) in [5.41, 5.74) is 2.91. The lowest BCUT2D eigenvalue weighted by Crippen LogP contribution is -2.43. The molecule has 1 N–H and O–H groups in total. The molecule has 0 unspecified atom stereocenters. The zero-order valence-electron chi connectivity index (χ0n) is 18.9. The molecule has 0 aliphatic carbocycles. The molecule has 7 heteroatoms. The Morgan fingerprint density at radius 1 is 0.939 bits per heavy atom. The molecule has 0 aromatic heterocycles. The number of hydrogen-bond acceptors (Lipinski definition) is 3. The summed E-state index contributed by atoms with van der Waals surface area (Å²) in [7, 11) is -3.87. The van der Waals surface area contributed by atoms with Gasteiger partial charge in [0.25, 0.3) is 0 Å². The Balaban J connectivity index is 1.72. The SMILES string of the molecule is Cc1ccc(S(=O)(=O)N(CC(=O)N[C@H](C)CCc2ccccc2)Cc2ccc(Cl)cc2)cc1. The molecule has 3 aromatic carbocycles. The van der Waals surface area contributed by atoms with Crippen LogP contribution in [0.4, 0.5) is 0 Å². The average Bonchev–Trinajstić information content (AvgIpc) is 2.79. The maximum atomic E-state index is 13.4. The minimum Gasteiger partial charge on any atom is -0.352 e. The van der Waals surface area contributed by atoms with E-state index in [1.165, 1.54) is 9.87 Å². The van der Waals surface area contributed by atoms with Gasteiger partial charge in [0.2, 0.25) is 15.9 Å². The van der Waals surface area contributed by atoms with E-state index in [9.17, 15) is 13.2 Å². The van der Waals surface area contributed by atoms with Crippen LogP contribution in [0.1, 0.15) is 30.0 Å². The van der Waals surface area contributed by atoms with Gasteiger partial charge in [-0.2, -0.15) is 4.31 Å². The Labute approximate surface area is 201 Å². The molecule has 1 amide bonds. The molecule has 0 saturated carbocycles. The summed E-state index contributed by atoms with van der Waals surface area (Å²) < 4.78 is 27.9. The quantitative estimate of drug-likeness (QED) is 0.441. The van der Waals surface area contributed by atoms with Gasteiger partial charge >= 0.3 is 0 Å². The molecule has 0 bridgehead atoms. The highest BCUT2D eigenvalue weighted by Crippen LogP contribution is 2.20. The van der Waals surface area contributed by atoms with Crippen LogP contribution in [0.5, 0.6) is 0 Å². The second-order valence-corrected chi connectivity index (χ2v) is 10.6. The average molecular weight is 485 g/mol. The van der Waals surface area contributed by atoms with E-state index in [4.69, 9.17) is 11.6 Å². The van der Waals surface area contributed by atoms with Crippen LogP contribution in [0.25, 0.3) is 0 Å². The van der Waals surface area contributed by atoms with Crippen LogP contribution in [0.3, 0.4) is 0 Å². The van der Waals surface area contributed by atoms with Crippen LogP contribution >= 0.6 is 11.6 Å². The van der Waals surface area contributed by atoms with Crippen molar-refractivity contribution in [1.82, 2.24) is 9.62 Å². The number of aryl methyl sites for hydroxylation is 2. The van der Waals surface area contributed by atoms with Crippen molar-refractivity contribution in [2.75, 3.05) is 6.54 Å². The maximum Gasteiger partial charge on any atom is 0.243 e. The van der Waals surface area contributed by atoms with E-state index in [0.29, 0.717) is 5.02 Å². The predicted molar refractivity (Wildman–Crippen MR) is 133 cm³/mol. The number of nitrogens with one attached hydrogen (secondary N) is 1. The molecule has 0 aliphatic heterocycles. The lowest BCUT2D eigenvalue weighted by molar-refractivity contribution is -0.122. The van der Waals surface area contributed by atoms with Crippen molar-refractivity contribution in [1.29, 1.82) is 0 Å². The monoisotopic (exact) mass is 484 g/mol. The highest BCUT2D eigenvalue weighted by atomic mass is 35.5. The third-order valence-corrected chi connectivity index (χ3v) is 7.43. The molecule has 3 rings (SSSR count). The van der Waals surface area contributed by atoms with Crippen LogP contribution in [0, 0.1) is 6.92 Å². The van der Waals surface area contributed by atoms with Gasteiger partial charge in [-0.05, 0) is 62.1 Å². The second-order valence-electron chi connectivity index (χ2n) is 8.21. The van der Waals surface area contributed by atoms with Gasteiger partial charge in [-0.3, -0.25) is 4.79 Å². The number of nitrogens with zero attached hydrogens (tertiary/aromatic N) is 1. The number of rotatable bonds is 10. The molecule has 0 saturated heterocycles. The molecular weight excluding hydrogens is 456 g/mol. The second kappa shape index (κ2) is 11.5. The third-order valence-electron chi connectivity index (χ3n) is 5.37. The summed E-state index contributed by atoms with van der Waals surface area (Å²) in [6.07, 6.45) is 1.59. The lowest BCUT2D eigenvalue weighted by atomic mass is 10.1. The molecule has 5 nitrogen and oxygen atoms in total. The topological polar surface area (TPSA) is 66.5 Å². The summed E-state index contributed by atoms with van der Waals surface area (Å²) in [4.78, 5) is 13.0. The van der Waals surface area contributed by atoms with Gasteiger partial charge in [0.1, 0.15) is 0 Å². The first kappa shape index (κ1) is 25.0. The number of hydrogen-bond donors (Lipinski definition) is 1. The van der Waals surface area contributed by atoms with Crippen LogP contribution in [0.15, 0.2) is 83.8 Å². The molecule has 0 heterocycles. The van der Waals surface area contributed by atoms with Crippen molar-refractivity contribution < 1.29 is 13.2 Å². The van der Waals surface area contributed by atoms with E-state index in [1.807, 2.05) is 32.0 Å². The third kappa shape index (κ3) is 7.42. The largest absolute Gasteiger partial charge is 0.352 e. The maximum absolute atomic E-state index is 13.4. The summed E-state index contributed by atoms with van der Waals surface area (Å²) in [5, 5.41) is 3.51. The number of sulfonamides is 1. The molecule has 3 aromatic rings. The standard InChI is InChI=1S/C26H29ClN2O3S/c1-20-8-16-25(17-9-20)33(31,32)29(18-23-12-14-24(27)15-13-23)19-26(30)28-21(2)10-11-22-6-4-3-5-7-22/h3-9,12-17,21H,10-11,18-19H2,1-2H3,(H,28,30)/t21-/m1/s1. The minimum atomic E-state index is -3.87. The van der Waals surface area contributed by atoms with Crippen molar-refractivity contribution in [2.45, 2.75) is 44.2 Å². The Kier molecular flexibility index (Phi) is 8.67. The first-order valence-corrected chi connectivity index (χ1v) is 12.7. The number of carbonyl (C=O) groups excluding carboxylic acids is 1. The van der Waals surface area contributed by atoms with E-state index in [2.05, 4.69) is 17.4 Å². The Morgan fingerprint density at radius 3 is 2.21 bits per heavy atom. The van der Waals surface area contributed by atoms with E-state index in [1.54, 1.807) is 48.5 Å². The highest BCUT2D eigenvalue weighted by Gasteiger charge is 2.27. The van der Waals surface area contributed by atoms with Gasteiger partial charge in [0, 0.05) is 17.6 Å². The zero-order chi connectivity index (χ0) is 23.8. The number of carbonyl (C=O) groups is 1. The molecule has 0 fully saturated rings. The van der Waals surface area contributed by atoms with Crippen molar-refractivity contribution in [3.63, 3.8) is 0 Å². The van der Waals surface area contributed by atoms with E-state index in [0.717, 1.165) is 24.0 Å². The lowest BCUT2D eigenvalue weighted by Gasteiger charge is -2.23. The summed E-state index contributed by atoms with van der Waals surface area (Å²) in [6.45, 7) is 3.62. The smallest absolute Gasteiger partial charge is 0.243 e. The molecule has 33 heavy (non-hydrogen) atoms. The van der Waals surface area contributed by atoms with Crippen LogP contribution in [-0.4, -0.2) is 31.2 Å². The van der Waals surface area contributed by atoms with E-state index >= 15 is 0 Å². The van der Waals surface area contributed by atoms with Gasteiger partial charge in [0.15, 0.2) is 0 Å². The summed E-state index contributed by atoms with van der Waals surface area (Å²) >= 11 is 5.97. The Morgan fingerprint density at radius 2 is 1.58 bits per heavy atom. The fourth-order valence-electron chi connectivity index (χ4n) is 3.46. The van der Waals surface area contributed by atoms with Crippen LogP contribution in [-0.2, 0) is 27.8 Å². The highest BCUT2D eigenvalue weighted by molar-refractivity contribution is 7.89. The van der Waals surface area contributed by atoms with Gasteiger partial charge in [0.05, 0.1) is 11.4 Å². The molecule has 0 radical (unpaired) electrons. The predicted octanol–water partition coefficient (Wildman–Crippen LogP) is 4.98. The minimum absolute atomic E-state index is 0.0686. The van der Waals surface area contributed by atoms with E-state index in [-0.39, 0.29) is 29.9 Å². The number of halogens is 1. The molecule has 1 atom stereocenters. The van der Waals surface area contributed by atoms with Gasteiger partial charge in [-0.1, -0.05) is 71.8 Å². The van der Waals surface area contributed by atoms with Crippen molar-refractivity contribution >= 4 is 27.5 Å². The molecule has 174 valence electrons. The van der Waals surface area contributed by atoms with Crippen molar-refractivity contribution in [3.05, 3.63) is 101 Å². The molecular formula is C26H29ClN2O3S. The van der Waals surface area contributed by atoms with Crippen LogP contribution < -0.4 is 5.32 Å². The number of benzene rings is 3. The van der Waals surface area contributed by atoms with Gasteiger partial charge in [-0.15, -0.1) is 0 Å². The fourth-order valence-corrected chi connectivity index (χ4v) is 4.97. The van der Waals surface area contributed by atoms with Gasteiger partial charge < -0.3 is 5.32 Å². The molecule has 0 aliphatic rings.